The van der Waals surface area contributed by atoms with Crippen molar-refractivity contribution in [3.05, 3.63) is 0 Å². The highest BCUT2D eigenvalue weighted by Crippen LogP contribution is 2.11. The Kier molecular flexibility index (Phi) is 5.16. The first kappa shape index (κ1) is 11.6. The lowest BCUT2D eigenvalue weighted by molar-refractivity contribution is -0.144. The number of carbonyl (C=O) groups excluding carboxylic acids is 1. The molecule has 0 aromatic heterocycles. The van der Waals surface area contributed by atoms with E-state index in [-0.39, 0.29) is 19.2 Å². The third kappa shape index (κ3) is 7.75. The minimum absolute atomic E-state index is 0.0846. The van der Waals surface area contributed by atoms with Gasteiger partial charge in [0.05, 0.1) is 6.61 Å². The summed E-state index contributed by atoms with van der Waals surface area (Å²) in [6.45, 7) is 6.69. The van der Waals surface area contributed by atoms with Gasteiger partial charge in [-0.25, -0.2) is 0 Å². The number of rotatable bonds is 5. The first-order valence-electron chi connectivity index (χ1n) is 4.22. The van der Waals surface area contributed by atoms with Gasteiger partial charge in [0.1, 0.15) is 6.61 Å². The molecule has 0 aromatic rings. The molecule has 0 heterocycles. The summed E-state index contributed by atoms with van der Waals surface area (Å²) in [4.78, 5) is 10.9. The number of carbonyl (C=O) groups is 1. The van der Waals surface area contributed by atoms with Gasteiger partial charge in [0.15, 0.2) is 0 Å². The van der Waals surface area contributed by atoms with Crippen molar-refractivity contribution in [1.29, 1.82) is 0 Å². The molecule has 0 bridgehead atoms. The van der Waals surface area contributed by atoms with Crippen LogP contribution in [0.5, 0.6) is 0 Å². The van der Waals surface area contributed by atoms with Gasteiger partial charge in [-0.2, -0.15) is 0 Å². The van der Waals surface area contributed by atoms with E-state index < -0.39 is 8.07 Å². The normalized spacial score (nSPS) is 11.3. The van der Waals surface area contributed by atoms with Crippen LogP contribution in [-0.2, 0) is 9.53 Å². The maximum Gasteiger partial charge on any atom is 0.305 e. The smallest absolute Gasteiger partial charge is 0.305 e. The summed E-state index contributed by atoms with van der Waals surface area (Å²) in [6, 6.07) is 0.956. The van der Waals surface area contributed by atoms with Gasteiger partial charge in [-0.05, 0) is 6.04 Å². The molecule has 0 aromatic carbocycles. The van der Waals surface area contributed by atoms with E-state index in [2.05, 4.69) is 19.6 Å². The maximum absolute atomic E-state index is 10.9. The predicted molar refractivity (Wildman–Crippen MR) is 50.8 cm³/mol. The minimum Gasteiger partial charge on any atom is -0.463 e. The van der Waals surface area contributed by atoms with Crippen molar-refractivity contribution in [1.82, 2.24) is 0 Å². The van der Waals surface area contributed by atoms with E-state index in [0.29, 0.717) is 6.42 Å². The van der Waals surface area contributed by atoms with Crippen molar-refractivity contribution in [3.8, 4) is 0 Å². The van der Waals surface area contributed by atoms with Crippen LogP contribution in [0, 0.1) is 0 Å². The molecule has 0 rings (SSSR count). The monoisotopic (exact) mass is 190 g/mol. The molecule has 0 spiro atoms. The molecule has 0 unspecified atom stereocenters. The van der Waals surface area contributed by atoms with Crippen LogP contribution in [0.3, 0.4) is 0 Å². The lowest BCUT2D eigenvalue weighted by Crippen LogP contribution is -2.21. The molecule has 0 amide bonds. The SMILES string of the molecule is C[Si](C)(C)CCC(=O)OCCO. The third-order valence-electron chi connectivity index (χ3n) is 1.43. The molecule has 0 fully saturated rings. The Morgan fingerprint density at radius 3 is 2.42 bits per heavy atom. The second-order valence-electron chi connectivity index (χ2n) is 4.00. The number of hydrogen-bond acceptors (Lipinski definition) is 3. The average Bonchev–Trinajstić information content (AvgIpc) is 1.95. The van der Waals surface area contributed by atoms with Crippen LogP contribution in [0.2, 0.25) is 25.7 Å². The topological polar surface area (TPSA) is 46.5 Å². The molecule has 1 N–H and O–H groups in total. The molecule has 0 saturated heterocycles. The molecule has 0 radical (unpaired) electrons. The van der Waals surface area contributed by atoms with Crippen LogP contribution in [0.15, 0.2) is 0 Å². The zero-order valence-corrected chi connectivity index (χ0v) is 9.09. The molecule has 72 valence electrons. The van der Waals surface area contributed by atoms with Crippen molar-refractivity contribution in [3.63, 3.8) is 0 Å². The average molecular weight is 190 g/mol. The number of hydrogen-bond donors (Lipinski definition) is 1. The summed E-state index contributed by atoms with van der Waals surface area (Å²) in [7, 11) is -1.12. The second-order valence-corrected chi connectivity index (χ2v) is 9.63. The Labute approximate surface area is 74.7 Å². The molecule has 0 aliphatic carbocycles. The largest absolute Gasteiger partial charge is 0.463 e. The van der Waals surface area contributed by atoms with Crippen LogP contribution in [-0.4, -0.2) is 32.4 Å². The first-order valence-corrected chi connectivity index (χ1v) is 7.93. The molecule has 4 heteroatoms. The van der Waals surface area contributed by atoms with E-state index in [1.54, 1.807) is 0 Å². The zero-order valence-electron chi connectivity index (χ0n) is 8.09. The second kappa shape index (κ2) is 5.32. The quantitative estimate of drug-likeness (QED) is 0.524. The van der Waals surface area contributed by atoms with Crippen LogP contribution in [0.1, 0.15) is 6.42 Å². The minimum atomic E-state index is -1.12. The Balaban J connectivity index is 3.44. The summed E-state index contributed by atoms with van der Waals surface area (Å²) < 4.78 is 4.72. The van der Waals surface area contributed by atoms with E-state index in [0.717, 1.165) is 6.04 Å². The van der Waals surface area contributed by atoms with Crippen LogP contribution in [0.4, 0.5) is 0 Å². The zero-order chi connectivity index (χ0) is 9.61. The Morgan fingerprint density at radius 2 is 2.00 bits per heavy atom. The molecule has 12 heavy (non-hydrogen) atoms. The van der Waals surface area contributed by atoms with Crippen molar-refractivity contribution < 1.29 is 14.6 Å². The summed E-state index contributed by atoms with van der Waals surface area (Å²) in [6.07, 6.45) is 0.496. The summed E-state index contributed by atoms with van der Waals surface area (Å²) in [5, 5.41) is 8.37. The van der Waals surface area contributed by atoms with Crippen LogP contribution in [0.25, 0.3) is 0 Å². The molecular formula is C8H18O3Si. The van der Waals surface area contributed by atoms with E-state index in [1.165, 1.54) is 0 Å². The van der Waals surface area contributed by atoms with Gasteiger partial charge in [0.2, 0.25) is 0 Å². The van der Waals surface area contributed by atoms with Crippen molar-refractivity contribution in [2.24, 2.45) is 0 Å². The highest BCUT2D eigenvalue weighted by molar-refractivity contribution is 6.76. The summed E-state index contributed by atoms with van der Waals surface area (Å²) in [5.74, 6) is -0.188. The van der Waals surface area contributed by atoms with Gasteiger partial charge in [-0.15, -0.1) is 0 Å². The van der Waals surface area contributed by atoms with Gasteiger partial charge >= 0.3 is 5.97 Å². The Hall–Kier alpha value is -0.353. The van der Waals surface area contributed by atoms with Crippen molar-refractivity contribution >= 4 is 14.0 Å². The number of ether oxygens (including phenoxy) is 1. The summed E-state index contributed by atoms with van der Waals surface area (Å²) >= 11 is 0. The highest BCUT2D eigenvalue weighted by atomic mass is 28.3. The predicted octanol–water partition coefficient (Wildman–Crippen LogP) is 1.25. The van der Waals surface area contributed by atoms with Gasteiger partial charge in [-0.3, -0.25) is 4.79 Å². The third-order valence-corrected chi connectivity index (χ3v) is 3.18. The Bertz CT molecular complexity index is 140. The molecular weight excluding hydrogens is 172 g/mol. The lowest BCUT2D eigenvalue weighted by Gasteiger charge is -2.14. The van der Waals surface area contributed by atoms with Crippen LogP contribution < -0.4 is 0 Å². The summed E-state index contributed by atoms with van der Waals surface area (Å²) in [5.41, 5.74) is 0. The molecule has 3 nitrogen and oxygen atoms in total. The number of esters is 1. The van der Waals surface area contributed by atoms with E-state index >= 15 is 0 Å². The standard InChI is InChI=1S/C8H18O3Si/c1-12(2,3)7-4-8(10)11-6-5-9/h9H,4-7H2,1-3H3. The Morgan fingerprint density at radius 1 is 1.42 bits per heavy atom. The number of aliphatic hydroxyl groups excluding tert-OH is 1. The molecule has 0 aliphatic heterocycles. The fourth-order valence-electron chi connectivity index (χ4n) is 0.709. The number of aliphatic hydroxyl groups is 1. The van der Waals surface area contributed by atoms with Crippen molar-refractivity contribution in [2.75, 3.05) is 13.2 Å². The lowest BCUT2D eigenvalue weighted by atomic mass is 10.5. The van der Waals surface area contributed by atoms with Crippen molar-refractivity contribution in [2.45, 2.75) is 32.1 Å². The fraction of sp³-hybridized carbons (Fsp3) is 0.875. The van der Waals surface area contributed by atoms with Gasteiger partial charge in [0, 0.05) is 14.5 Å². The molecule has 0 atom stereocenters. The van der Waals surface area contributed by atoms with Gasteiger partial charge in [-0.1, -0.05) is 19.6 Å². The van der Waals surface area contributed by atoms with Crippen LogP contribution >= 0.6 is 0 Å². The molecule has 0 saturated carbocycles. The highest BCUT2D eigenvalue weighted by Gasteiger charge is 2.15. The maximum atomic E-state index is 10.9. The van der Waals surface area contributed by atoms with E-state index in [9.17, 15) is 4.79 Å². The van der Waals surface area contributed by atoms with Gasteiger partial charge < -0.3 is 9.84 Å². The van der Waals surface area contributed by atoms with E-state index in [4.69, 9.17) is 9.84 Å². The fourth-order valence-corrected chi connectivity index (χ4v) is 1.66. The first-order chi connectivity index (χ1) is 5.45. The van der Waals surface area contributed by atoms with E-state index in [1.807, 2.05) is 0 Å². The molecule has 0 aliphatic rings. The van der Waals surface area contributed by atoms with Gasteiger partial charge in [0.25, 0.3) is 0 Å².